The maximum absolute atomic E-state index is 12.3. The van der Waals surface area contributed by atoms with E-state index in [0.29, 0.717) is 30.3 Å². The summed E-state index contributed by atoms with van der Waals surface area (Å²) in [6, 6.07) is 6.10. The van der Waals surface area contributed by atoms with Crippen molar-refractivity contribution < 1.29 is 14.7 Å². The van der Waals surface area contributed by atoms with Gasteiger partial charge in [-0.15, -0.1) is 0 Å². The minimum Gasteiger partial charge on any atom is -0.480 e. The number of rotatable bonds is 3. The van der Waals surface area contributed by atoms with Crippen molar-refractivity contribution in [3.8, 4) is 0 Å². The fourth-order valence-electron chi connectivity index (χ4n) is 2.78. The third-order valence-electron chi connectivity index (χ3n) is 3.90. The Hall–Kier alpha value is -2.70. The number of likely N-dealkylation sites (tertiary alicyclic amines) is 1. The van der Waals surface area contributed by atoms with Crippen LogP contribution in [0.4, 0.5) is 0 Å². The number of carbonyl (C=O) groups excluding carboxylic acids is 1. The fourth-order valence-corrected chi connectivity index (χ4v) is 2.78. The number of amides is 1. The Morgan fingerprint density at radius 2 is 2.09 bits per heavy atom. The van der Waals surface area contributed by atoms with Gasteiger partial charge in [-0.25, -0.2) is 9.78 Å². The maximum Gasteiger partial charge on any atom is 0.326 e. The predicted octanol–water partition coefficient (Wildman–Crippen LogP) is 0.472. The largest absolute Gasteiger partial charge is 0.480 e. The molecule has 1 aromatic carbocycles. The lowest BCUT2D eigenvalue weighted by atomic mass is 10.2. The zero-order chi connectivity index (χ0) is 15.7. The average molecular weight is 301 g/mol. The number of hydrogen-bond donors (Lipinski definition) is 1. The Balaban J connectivity index is 1.87. The van der Waals surface area contributed by atoms with E-state index in [9.17, 15) is 14.4 Å². The quantitative estimate of drug-likeness (QED) is 0.889. The third-order valence-corrected chi connectivity index (χ3v) is 3.90. The van der Waals surface area contributed by atoms with E-state index in [4.69, 9.17) is 5.11 Å². The van der Waals surface area contributed by atoms with Gasteiger partial charge < -0.3 is 10.0 Å². The summed E-state index contributed by atoms with van der Waals surface area (Å²) in [4.78, 5) is 41.2. The Morgan fingerprint density at radius 1 is 1.32 bits per heavy atom. The van der Waals surface area contributed by atoms with Crippen molar-refractivity contribution in [2.24, 2.45) is 0 Å². The van der Waals surface area contributed by atoms with Gasteiger partial charge in [-0.05, 0) is 25.0 Å². The first-order valence-corrected chi connectivity index (χ1v) is 7.04. The molecule has 0 bridgehead atoms. The summed E-state index contributed by atoms with van der Waals surface area (Å²) in [5.41, 5.74) is 0.269. The van der Waals surface area contributed by atoms with Crippen LogP contribution in [0.3, 0.4) is 0 Å². The lowest BCUT2D eigenvalue weighted by molar-refractivity contribution is -0.148. The van der Waals surface area contributed by atoms with Crippen molar-refractivity contribution in [1.82, 2.24) is 14.5 Å². The second kappa shape index (κ2) is 5.59. The van der Waals surface area contributed by atoms with Crippen LogP contribution in [-0.4, -0.2) is 44.0 Å². The lowest BCUT2D eigenvalue weighted by Crippen LogP contribution is -2.43. The smallest absolute Gasteiger partial charge is 0.326 e. The van der Waals surface area contributed by atoms with E-state index in [2.05, 4.69) is 4.98 Å². The summed E-state index contributed by atoms with van der Waals surface area (Å²) >= 11 is 0. The summed E-state index contributed by atoms with van der Waals surface area (Å²) in [6.45, 7) is 0.214. The standard InChI is InChI=1S/C15H15N3O4/c19-13(18-7-3-6-12(18)15(21)22)8-17-9-16-11-5-2-1-4-10(11)14(17)20/h1-2,4-5,9,12H,3,6-8H2,(H,21,22)/t12-/m1/s1. The molecule has 114 valence electrons. The molecular weight excluding hydrogens is 286 g/mol. The Morgan fingerprint density at radius 3 is 2.86 bits per heavy atom. The molecule has 22 heavy (non-hydrogen) atoms. The molecule has 1 saturated heterocycles. The number of fused-ring (bicyclic) bond motifs is 1. The minimum atomic E-state index is -1.00. The first kappa shape index (κ1) is 14.2. The number of benzene rings is 1. The van der Waals surface area contributed by atoms with E-state index in [1.165, 1.54) is 15.8 Å². The van der Waals surface area contributed by atoms with Crippen molar-refractivity contribution in [3.05, 3.63) is 40.9 Å². The molecule has 1 aliphatic heterocycles. The van der Waals surface area contributed by atoms with Gasteiger partial charge in [0.2, 0.25) is 5.91 Å². The predicted molar refractivity (Wildman–Crippen MR) is 78.4 cm³/mol. The van der Waals surface area contributed by atoms with E-state index in [0.717, 1.165) is 0 Å². The van der Waals surface area contributed by atoms with Crippen molar-refractivity contribution in [1.29, 1.82) is 0 Å². The van der Waals surface area contributed by atoms with E-state index in [1.54, 1.807) is 24.3 Å². The van der Waals surface area contributed by atoms with Gasteiger partial charge in [0, 0.05) is 6.54 Å². The van der Waals surface area contributed by atoms with Gasteiger partial charge in [0.15, 0.2) is 0 Å². The van der Waals surface area contributed by atoms with Crippen LogP contribution in [0.25, 0.3) is 10.9 Å². The van der Waals surface area contributed by atoms with Gasteiger partial charge in [-0.1, -0.05) is 12.1 Å². The van der Waals surface area contributed by atoms with Crippen molar-refractivity contribution >= 4 is 22.8 Å². The molecule has 1 aromatic heterocycles. The molecular formula is C15H15N3O4. The third kappa shape index (κ3) is 2.45. The first-order chi connectivity index (χ1) is 10.6. The highest BCUT2D eigenvalue weighted by atomic mass is 16.4. The SMILES string of the molecule is O=C(O)[C@H]1CCCN1C(=O)Cn1cnc2ccccc2c1=O. The molecule has 1 amide bonds. The minimum absolute atomic E-state index is 0.194. The molecule has 0 spiro atoms. The van der Waals surface area contributed by atoms with E-state index < -0.39 is 12.0 Å². The average Bonchev–Trinajstić information content (AvgIpc) is 3.00. The number of aliphatic carboxylic acids is 1. The topological polar surface area (TPSA) is 92.5 Å². The van der Waals surface area contributed by atoms with Crippen molar-refractivity contribution in [2.45, 2.75) is 25.4 Å². The first-order valence-electron chi connectivity index (χ1n) is 7.04. The second-order valence-corrected chi connectivity index (χ2v) is 5.28. The maximum atomic E-state index is 12.3. The van der Waals surface area contributed by atoms with Crippen LogP contribution in [0.5, 0.6) is 0 Å². The van der Waals surface area contributed by atoms with Crippen molar-refractivity contribution in [3.63, 3.8) is 0 Å². The zero-order valence-electron chi connectivity index (χ0n) is 11.8. The van der Waals surface area contributed by atoms with Crippen LogP contribution < -0.4 is 5.56 Å². The lowest BCUT2D eigenvalue weighted by Gasteiger charge is -2.21. The molecule has 1 aliphatic rings. The fraction of sp³-hybridized carbons (Fsp3) is 0.333. The van der Waals surface area contributed by atoms with Gasteiger partial charge in [0.1, 0.15) is 12.6 Å². The highest BCUT2D eigenvalue weighted by Gasteiger charge is 2.33. The molecule has 0 aliphatic carbocycles. The molecule has 0 unspecified atom stereocenters. The summed E-state index contributed by atoms with van der Waals surface area (Å²) in [7, 11) is 0. The van der Waals surface area contributed by atoms with Crippen molar-refractivity contribution in [2.75, 3.05) is 6.54 Å². The summed E-state index contributed by atoms with van der Waals surface area (Å²) in [5.74, 6) is -1.38. The number of carbonyl (C=O) groups is 2. The van der Waals surface area contributed by atoms with Crippen LogP contribution in [-0.2, 0) is 16.1 Å². The molecule has 3 rings (SSSR count). The van der Waals surface area contributed by atoms with Crippen LogP contribution in [0, 0.1) is 0 Å². The van der Waals surface area contributed by atoms with Gasteiger partial charge in [-0.3, -0.25) is 14.2 Å². The Bertz CT molecular complexity index is 799. The number of nitrogens with zero attached hydrogens (tertiary/aromatic N) is 3. The number of aromatic nitrogens is 2. The number of carboxylic acids is 1. The normalized spacial score (nSPS) is 17.8. The summed E-state index contributed by atoms with van der Waals surface area (Å²) < 4.78 is 1.22. The molecule has 1 N–H and O–H groups in total. The number of hydrogen-bond acceptors (Lipinski definition) is 4. The highest BCUT2D eigenvalue weighted by molar-refractivity contribution is 5.84. The molecule has 2 heterocycles. The van der Waals surface area contributed by atoms with Gasteiger partial charge in [-0.2, -0.15) is 0 Å². The van der Waals surface area contributed by atoms with Crippen LogP contribution in [0.1, 0.15) is 12.8 Å². The van der Waals surface area contributed by atoms with E-state index in [1.807, 2.05) is 0 Å². The molecule has 0 saturated carbocycles. The summed E-state index contributed by atoms with van der Waals surface area (Å²) in [6.07, 6.45) is 2.44. The van der Waals surface area contributed by atoms with Gasteiger partial charge >= 0.3 is 5.97 Å². The van der Waals surface area contributed by atoms with E-state index >= 15 is 0 Å². The highest BCUT2D eigenvalue weighted by Crippen LogP contribution is 2.17. The molecule has 7 nitrogen and oxygen atoms in total. The van der Waals surface area contributed by atoms with E-state index in [-0.39, 0.29) is 18.0 Å². The van der Waals surface area contributed by atoms with Crippen LogP contribution in [0.2, 0.25) is 0 Å². The number of para-hydroxylation sites is 1. The Kier molecular flexibility index (Phi) is 3.62. The molecule has 0 radical (unpaired) electrons. The Labute approximate surface area is 125 Å². The molecule has 7 heteroatoms. The zero-order valence-corrected chi connectivity index (χ0v) is 11.8. The molecule has 2 aromatic rings. The van der Waals surface area contributed by atoms with Crippen LogP contribution in [0.15, 0.2) is 35.4 Å². The summed E-state index contributed by atoms with van der Waals surface area (Å²) in [5, 5.41) is 9.56. The molecule has 1 atom stereocenters. The monoisotopic (exact) mass is 301 g/mol. The van der Waals surface area contributed by atoms with Crippen LogP contribution >= 0.6 is 0 Å². The number of carboxylic acid groups (broad SMARTS) is 1. The van der Waals surface area contributed by atoms with Gasteiger partial charge in [0.25, 0.3) is 5.56 Å². The molecule has 1 fully saturated rings. The van der Waals surface area contributed by atoms with Gasteiger partial charge in [0.05, 0.1) is 17.2 Å². The second-order valence-electron chi connectivity index (χ2n) is 5.28.